The molecular formula is C16H14N2O4. The molecule has 1 aromatic carbocycles. The second kappa shape index (κ2) is 5.40. The number of carbonyl (C=O) groups is 1. The number of benzene rings is 1. The summed E-state index contributed by atoms with van der Waals surface area (Å²) in [6.45, 7) is 1.89. The smallest absolute Gasteiger partial charge is 0.352 e. The highest BCUT2D eigenvalue weighted by molar-refractivity contribution is 5.96. The first-order valence-electron chi connectivity index (χ1n) is 6.61. The fourth-order valence-corrected chi connectivity index (χ4v) is 2.17. The molecule has 0 unspecified atom stereocenters. The van der Waals surface area contributed by atoms with Gasteiger partial charge in [-0.1, -0.05) is 0 Å². The molecule has 0 fully saturated rings. The lowest BCUT2D eigenvalue weighted by atomic mass is 10.2. The molecule has 0 saturated carbocycles. The predicted molar refractivity (Wildman–Crippen MR) is 80.9 cm³/mol. The summed E-state index contributed by atoms with van der Waals surface area (Å²) in [5, 5.41) is 9.77. The Morgan fingerprint density at radius 2 is 2.05 bits per heavy atom. The molecule has 3 rings (SSSR count). The number of aromatic carboxylic acids is 1. The first kappa shape index (κ1) is 13.9. The third kappa shape index (κ3) is 2.58. The van der Waals surface area contributed by atoms with Crippen molar-refractivity contribution in [3.8, 4) is 17.2 Å². The van der Waals surface area contributed by atoms with E-state index in [9.17, 15) is 4.79 Å². The molecule has 0 spiro atoms. The van der Waals surface area contributed by atoms with Crippen LogP contribution in [0.15, 0.2) is 36.5 Å². The number of H-pyrrole nitrogens is 1. The molecule has 3 aromatic rings. The molecular weight excluding hydrogens is 284 g/mol. The first-order chi connectivity index (χ1) is 10.6. The van der Waals surface area contributed by atoms with Gasteiger partial charge in [0.2, 0.25) is 0 Å². The van der Waals surface area contributed by atoms with Crippen LogP contribution in [-0.2, 0) is 0 Å². The zero-order chi connectivity index (χ0) is 15.7. The molecule has 0 amide bonds. The Kier molecular flexibility index (Phi) is 3.42. The van der Waals surface area contributed by atoms with Crippen molar-refractivity contribution in [2.24, 2.45) is 0 Å². The Morgan fingerprint density at radius 3 is 2.68 bits per heavy atom. The van der Waals surface area contributed by atoms with E-state index in [0.29, 0.717) is 28.2 Å². The first-order valence-corrected chi connectivity index (χ1v) is 6.61. The number of hydrogen-bond donors (Lipinski definition) is 2. The minimum Gasteiger partial charge on any atom is -0.494 e. The minimum atomic E-state index is -1.02. The lowest BCUT2D eigenvalue weighted by molar-refractivity contribution is 0.0691. The maximum Gasteiger partial charge on any atom is 0.352 e. The fourth-order valence-electron chi connectivity index (χ4n) is 2.17. The largest absolute Gasteiger partial charge is 0.494 e. The molecule has 6 nitrogen and oxygen atoms in total. The second-order valence-electron chi connectivity index (χ2n) is 4.82. The second-order valence-corrected chi connectivity index (χ2v) is 4.82. The molecule has 0 radical (unpaired) electrons. The Labute approximate surface area is 126 Å². The van der Waals surface area contributed by atoms with Crippen LogP contribution in [0.5, 0.6) is 17.2 Å². The molecule has 2 aromatic heterocycles. The number of methoxy groups -OCH3 is 1. The summed E-state index contributed by atoms with van der Waals surface area (Å²) in [6.07, 6.45) is 1.63. The average Bonchev–Trinajstić information content (AvgIpc) is 2.93. The van der Waals surface area contributed by atoms with Crippen LogP contribution in [0, 0.1) is 6.92 Å². The van der Waals surface area contributed by atoms with E-state index in [1.165, 1.54) is 7.11 Å². The van der Waals surface area contributed by atoms with Crippen molar-refractivity contribution in [3.05, 3.63) is 47.9 Å². The van der Waals surface area contributed by atoms with Crippen molar-refractivity contribution >= 4 is 16.9 Å². The zero-order valence-corrected chi connectivity index (χ0v) is 12.1. The molecule has 112 valence electrons. The Bertz CT molecular complexity index is 837. The molecule has 0 aliphatic carbocycles. The standard InChI is InChI=1S/C16H14N2O4/c1-9-3-4-11(8-17-9)22-12-5-10-6-13(16(19)20)18-15(10)14(7-12)21-2/h3-8,18H,1-2H3,(H,19,20). The van der Waals surface area contributed by atoms with Gasteiger partial charge in [-0.2, -0.15) is 0 Å². The molecule has 0 atom stereocenters. The summed E-state index contributed by atoms with van der Waals surface area (Å²) in [6, 6.07) is 8.66. The number of rotatable bonds is 4. The van der Waals surface area contributed by atoms with Gasteiger partial charge in [-0.15, -0.1) is 0 Å². The van der Waals surface area contributed by atoms with Gasteiger partial charge in [0.05, 0.1) is 18.8 Å². The molecule has 2 N–H and O–H groups in total. The minimum absolute atomic E-state index is 0.0995. The van der Waals surface area contributed by atoms with Crippen LogP contribution in [0.1, 0.15) is 16.2 Å². The van der Waals surface area contributed by atoms with Gasteiger partial charge in [0.1, 0.15) is 22.9 Å². The van der Waals surface area contributed by atoms with Crippen LogP contribution in [0.4, 0.5) is 0 Å². The van der Waals surface area contributed by atoms with Crippen molar-refractivity contribution in [2.75, 3.05) is 7.11 Å². The highest BCUT2D eigenvalue weighted by Gasteiger charge is 2.13. The van der Waals surface area contributed by atoms with E-state index in [4.69, 9.17) is 14.6 Å². The summed E-state index contributed by atoms with van der Waals surface area (Å²) in [7, 11) is 1.52. The van der Waals surface area contributed by atoms with Gasteiger partial charge in [-0.3, -0.25) is 4.98 Å². The van der Waals surface area contributed by atoms with Crippen molar-refractivity contribution < 1.29 is 19.4 Å². The van der Waals surface area contributed by atoms with Crippen LogP contribution in [0.2, 0.25) is 0 Å². The number of carboxylic acid groups (broad SMARTS) is 1. The normalized spacial score (nSPS) is 10.6. The number of fused-ring (bicyclic) bond motifs is 1. The molecule has 6 heteroatoms. The Morgan fingerprint density at radius 1 is 1.23 bits per heavy atom. The maximum atomic E-state index is 11.1. The Hall–Kier alpha value is -3.02. The molecule has 0 saturated heterocycles. The molecule has 0 aliphatic rings. The molecule has 22 heavy (non-hydrogen) atoms. The van der Waals surface area contributed by atoms with E-state index < -0.39 is 5.97 Å². The highest BCUT2D eigenvalue weighted by atomic mass is 16.5. The Balaban J connectivity index is 2.02. The lowest BCUT2D eigenvalue weighted by Crippen LogP contribution is -1.95. The van der Waals surface area contributed by atoms with E-state index in [-0.39, 0.29) is 5.69 Å². The van der Waals surface area contributed by atoms with Gasteiger partial charge in [0.25, 0.3) is 0 Å². The molecule has 0 aliphatic heterocycles. The SMILES string of the molecule is COc1cc(Oc2ccc(C)nc2)cc2cc(C(=O)O)[nH]c12. The monoisotopic (exact) mass is 298 g/mol. The van der Waals surface area contributed by atoms with Gasteiger partial charge in [-0.25, -0.2) is 4.79 Å². The van der Waals surface area contributed by atoms with E-state index in [1.54, 1.807) is 24.4 Å². The van der Waals surface area contributed by atoms with Crippen molar-refractivity contribution in [3.63, 3.8) is 0 Å². The number of aromatic nitrogens is 2. The number of ether oxygens (including phenoxy) is 2. The summed E-state index contributed by atoms with van der Waals surface area (Å²) in [5.41, 5.74) is 1.62. The number of nitrogens with one attached hydrogen (secondary N) is 1. The van der Waals surface area contributed by atoms with Crippen LogP contribution in [0.3, 0.4) is 0 Å². The number of pyridine rings is 1. The third-order valence-corrected chi connectivity index (χ3v) is 3.24. The van der Waals surface area contributed by atoms with Crippen molar-refractivity contribution in [1.82, 2.24) is 9.97 Å². The van der Waals surface area contributed by atoms with Gasteiger partial charge < -0.3 is 19.6 Å². The van der Waals surface area contributed by atoms with Crippen LogP contribution >= 0.6 is 0 Å². The van der Waals surface area contributed by atoms with Gasteiger partial charge >= 0.3 is 5.97 Å². The molecule has 0 bridgehead atoms. The summed E-state index contributed by atoms with van der Waals surface area (Å²) < 4.78 is 11.0. The number of hydrogen-bond acceptors (Lipinski definition) is 4. The lowest BCUT2D eigenvalue weighted by Gasteiger charge is -2.08. The third-order valence-electron chi connectivity index (χ3n) is 3.24. The maximum absolute atomic E-state index is 11.1. The van der Waals surface area contributed by atoms with Gasteiger partial charge in [0, 0.05) is 17.1 Å². The number of aromatic amines is 1. The number of nitrogens with zero attached hydrogens (tertiary/aromatic N) is 1. The van der Waals surface area contributed by atoms with E-state index in [0.717, 1.165) is 5.69 Å². The zero-order valence-electron chi connectivity index (χ0n) is 12.1. The van der Waals surface area contributed by atoms with Crippen molar-refractivity contribution in [2.45, 2.75) is 6.92 Å². The number of carboxylic acids is 1. The van der Waals surface area contributed by atoms with Gasteiger partial charge in [0.15, 0.2) is 0 Å². The topological polar surface area (TPSA) is 84.4 Å². The number of aryl methyl sites for hydroxylation is 1. The predicted octanol–water partition coefficient (Wildman–Crippen LogP) is 3.37. The summed E-state index contributed by atoms with van der Waals surface area (Å²) in [5.74, 6) is 0.635. The van der Waals surface area contributed by atoms with Crippen LogP contribution in [0.25, 0.3) is 10.9 Å². The summed E-state index contributed by atoms with van der Waals surface area (Å²) >= 11 is 0. The summed E-state index contributed by atoms with van der Waals surface area (Å²) in [4.78, 5) is 18.1. The molecule has 2 heterocycles. The van der Waals surface area contributed by atoms with E-state index in [2.05, 4.69) is 9.97 Å². The van der Waals surface area contributed by atoms with Crippen molar-refractivity contribution in [1.29, 1.82) is 0 Å². The highest BCUT2D eigenvalue weighted by Crippen LogP contribution is 2.33. The average molecular weight is 298 g/mol. The van der Waals surface area contributed by atoms with Crippen LogP contribution in [-0.4, -0.2) is 28.2 Å². The van der Waals surface area contributed by atoms with Gasteiger partial charge in [-0.05, 0) is 31.2 Å². The van der Waals surface area contributed by atoms with E-state index >= 15 is 0 Å². The quantitative estimate of drug-likeness (QED) is 0.771. The van der Waals surface area contributed by atoms with Crippen LogP contribution < -0.4 is 9.47 Å². The fraction of sp³-hybridized carbons (Fsp3) is 0.125. The van der Waals surface area contributed by atoms with E-state index in [1.807, 2.05) is 19.1 Å².